The van der Waals surface area contributed by atoms with E-state index in [1.807, 2.05) is 47.9 Å². The lowest BCUT2D eigenvalue weighted by Crippen LogP contribution is -2.45. The van der Waals surface area contributed by atoms with E-state index in [-0.39, 0.29) is 23.7 Å². The van der Waals surface area contributed by atoms with E-state index in [2.05, 4.69) is 14.9 Å². The minimum Gasteiger partial charge on any atom is -0.468 e. The first-order valence-corrected chi connectivity index (χ1v) is 12.7. The fourth-order valence-corrected chi connectivity index (χ4v) is 4.79. The zero-order valence-electron chi connectivity index (χ0n) is 20.9. The molecule has 2 aromatic heterocycles. The van der Waals surface area contributed by atoms with Gasteiger partial charge in [0.05, 0.1) is 19.4 Å². The van der Waals surface area contributed by atoms with Crippen LogP contribution in [0.5, 0.6) is 0 Å². The van der Waals surface area contributed by atoms with Crippen molar-refractivity contribution in [2.45, 2.75) is 31.7 Å². The van der Waals surface area contributed by atoms with Gasteiger partial charge in [-0.3, -0.25) is 19.0 Å². The number of thioether (sulfide) groups is 1. The van der Waals surface area contributed by atoms with Gasteiger partial charge in [-0.2, -0.15) is 0 Å². The molecular weight excluding hydrogens is 508 g/mol. The van der Waals surface area contributed by atoms with E-state index in [0.29, 0.717) is 22.1 Å². The summed E-state index contributed by atoms with van der Waals surface area (Å²) in [6, 6.07) is 18.5. The van der Waals surface area contributed by atoms with E-state index < -0.39 is 29.5 Å². The number of hydrogen-bond donors (Lipinski definition) is 1. The van der Waals surface area contributed by atoms with Crippen molar-refractivity contribution in [1.29, 1.82) is 0 Å². The summed E-state index contributed by atoms with van der Waals surface area (Å²) in [4.78, 5) is 51.7. The molecule has 2 heterocycles. The van der Waals surface area contributed by atoms with Crippen molar-refractivity contribution >= 4 is 29.3 Å². The van der Waals surface area contributed by atoms with Gasteiger partial charge in [0.15, 0.2) is 16.8 Å². The summed E-state index contributed by atoms with van der Waals surface area (Å²) in [5.41, 5.74) is 5.71. The molecule has 0 unspecified atom stereocenters. The number of nitrogens with two attached hydrogens (primary N) is 1. The van der Waals surface area contributed by atoms with Gasteiger partial charge in [0.2, 0.25) is 0 Å². The normalized spacial score (nSPS) is 10.9. The Kier molecular flexibility index (Phi) is 8.22. The summed E-state index contributed by atoms with van der Waals surface area (Å²) in [5.74, 6) is -1.21. The molecule has 196 valence electrons. The summed E-state index contributed by atoms with van der Waals surface area (Å²) < 4.78 is 8.28. The van der Waals surface area contributed by atoms with Crippen LogP contribution in [-0.4, -0.2) is 48.5 Å². The number of rotatable bonds is 10. The van der Waals surface area contributed by atoms with Gasteiger partial charge in [-0.05, 0) is 12.5 Å². The summed E-state index contributed by atoms with van der Waals surface area (Å²) >= 11 is 1.10. The van der Waals surface area contributed by atoms with Gasteiger partial charge < -0.3 is 15.0 Å². The first-order chi connectivity index (χ1) is 18.3. The molecule has 0 amide bonds. The number of ether oxygens (including phenoxy) is 1. The van der Waals surface area contributed by atoms with Crippen LogP contribution in [0.25, 0.3) is 11.4 Å². The van der Waals surface area contributed by atoms with Crippen LogP contribution in [0.15, 0.2) is 75.4 Å². The third-order valence-electron chi connectivity index (χ3n) is 5.84. The number of methoxy groups -OCH3 is 1. The fraction of sp³-hybridized carbons (Fsp3) is 0.231. The lowest BCUT2D eigenvalue weighted by atomic mass is 10.2. The Hall–Kier alpha value is -4.45. The Morgan fingerprint density at radius 3 is 2.24 bits per heavy atom. The predicted molar refractivity (Wildman–Crippen MR) is 143 cm³/mol. The van der Waals surface area contributed by atoms with Crippen LogP contribution < -0.4 is 17.0 Å². The molecule has 11 nitrogen and oxygen atoms in total. The van der Waals surface area contributed by atoms with Gasteiger partial charge in [0.1, 0.15) is 17.9 Å². The molecule has 4 rings (SSSR count). The maximum absolute atomic E-state index is 13.4. The minimum absolute atomic E-state index is 0.00494. The molecule has 0 saturated heterocycles. The zero-order valence-corrected chi connectivity index (χ0v) is 21.7. The number of nitrogens with zero attached hydrogens (tertiary/aromatic N) is 5. The molecule has 0 aliphatic carbocycles. The largest absolute Gasteiger partial charge is 0.468 e. The maximum Gasteiger partial charge on any atom is 0.333 e. The number of anilines is 1. The molecule has 0 atom stereocenters. The third-order valence-corrected chi connectivity index (χ3v) is 6.81. The monoisotopic (exact) mass is 534 g/mol. The molecule has 0 radical (unpaired) electrons. The van der Waals surface area contributed by atoms with Crippen molar-refractivity contribution < 1.29 is 14.3 Å². The second-order valence-electron chi connectivity index (χ2n) is 8.21. The van der Waals surface area contributed by atoms with E-state index in [1.54, 1.807) is 24.3 Å². The van der Waals surface area contributed by atoms with Crippen LogP contribution in [0.1, 0.15) is 22.8 Å². The number of carbonyl (C=O) groups excluding carboxylic acids is 2. The third kappa shape index (κ3) is 5.44. The highest BCUT2D eigenvalue weighted by Gasteiger charge is 2.25. The second-order valence-corrected chi connectivity index (χ2v) is 9.15. The zero-order chi connectivity index (χ0) is 27.2. The number of aromatic nitrogens is 5. The number of Topliss-reactive ketones (excluding diaryl/α,β-unsaturated/α-hetero) is 1. The Morgan fingerprint density at radius 1 is 0.947 bits per heavy atom. The lowest BCUT2D eigenvalue weighted by molar-refractivity contribution is -0.141. The number of esters is 1. The Labute approximate surface area is 221 Å². The van der Waals surface area contributed by atoms with E-state index in [0.717, 1.165) is 34.6 Å². The van der Waals surface area contributed by atoms with Crippen LogP contribution in [0.3, 0.4) is 0 Å². The average Bonchev–Trinajstić information content (AvgIpc) is 3.36. The van der Waals surface area contributed by atoms with Gasteiger partial charge in [-0.25, -0.2) is 9.36 Å². The van der Waals surface area contributed by atoms with Crippen LogP contribution in [0.2, 0.25) is 0 Å². The van der Waals surface area contributed by atoms with Crippen molar-refractivity contribution in [3.63, 3.8) is 0 Å². The number of carbonyl (C=O) groups is 2. The standard InChI is InChI=1S/C26H26N6O5S/c1-3-30-23(18-12-8-5-9-13-18)28-29-25(30)38-16-19(33)21-22(27)31(14-17-10-6-4-7-11-17)26(36)32(24(21)35)15-20(34)37-2/h4-13H,3,14-16,27H2,1-2H3. The minimum atomic E-state index is -0.949. The van der Waals surface area contributed by atoms with Crippen molar-refractivity contribution in [3.05, 3.63) is 92.6 Å². The molecule has 12 heteroatoms. The molecule has 0 aliphatic rings. The number of hydrogen-bond acceptors (Lipinski definition) is 9. The van der Waals surface area contributed by atoms with Crippen LogP contribution in [-0.2, 0) is 29.2 Å². The van der Waals surface area contributed by atoms with Crippen molar-refractivity contribution in [2.75, 3.05) is 18.6 Å². The van der Waals surface area contributed by atoms with E-state index in [1.165, 1.54) is 0 Å². The first kappa shape index (κ1) is 26.6. The summed E-state index contributed by atoms with van der Waals surface area (Å²) in [7, 11) is 1.14. The topological polar surface area (TPSA) is 144 Å². The molecule has 0 spiro atoms. The van der Waals surface area contributed by atoms with Gasteiger partial charge in [0.25, 0.3) is 5.56 Å². The molecule has 2 aromatic carbocycles. The van der Waals surface area contributed by atoms with Crippen molar-refractivity contribution in [2.24, 2.45) is 0 Å². The molecule has 2 N–H and O–H groups in total. The van der Waals surface area contributed by atoms with Gasteiger partial charge in [-0.15, -0.1) is 10.2 Å². The Morgan fingerprint density at radius 2 is 1.61 bits per heavy atom. The highest BCUT2D eigenvalue weighted by Crippen LogP contribution is 2.24. The highest BCUT2D eigenvalue weighted by molar-refractivity contribution is 7.99. The SMILES string of the molecule is CCn1c(SCC(=O)c2c(N)n(Cc3ccccc3)c(=O)n(CC(=O)OC)c2=O)nnc1-c1ccccc1. The van der Waals surface area contributed by atoms with E-state index >= 15 is 0 Å². The molecule has 0 aliphatic heterocycles. The molecular formula is C26H26N6O5S. The average molecular weight is 535 g/mol. The smallest absolute Gasteiger partial charge is 0.333 e. The lowest BCUT2D eigenvalue weighted by Gasteiger charge is -2.16. The first-order valence-electron chi connectivity index (χ1n) is 11.7. The van der Waals surface area contributed by atoms with E-state index in [9.17, 15) is 19.2 Å². The predicted octanol–water partition coefficient (Wildman–Crippen LogP) is 2.07. The van der Waals surface area contributed by atoms with Gasteiger partial charge >= 0.3 is 11.7 Å². The van der Waals surface area contributed by atoms with Crippen LogP contribution >= 0.6 is 11.8 Å². The Bertz CT molecular complexity index is 1580. The van der Waals surface area contributed by atoms with Crippen LogP contribution in [0.4, 0.5) is 5.82 Å². The van der Waals surface area contributed by atoms with Gasteiger partial charge in [0, 0.05) is 12.1 Å². The fourth-order valence-electron chi connectivity index (χ4n) is 3.91. The molecule has 0 fully saturated rings. The molecule has 38 heavy (non-hydrogen) atoms. The summed E-state index contributed by atoms with van der Waals surface area (Å²) in [6.07, 6.45) is 0. The summed E-state index contributed by atoms with van der Waals surface area (Å²) in [5, 5.41) is 8.98. The number of benzene rings is 2. The number of ketones is 1. The van der Waals surface area contributed by atoms with E-state index in [4.69, 9.17) is 5.73 Å². The molecule has 4 aromatic rings. The quantitative estimate of drug-likeness (QED) is 0.184. The highest BCUT2D eigenvalue weighted by atomic mass is 32.2. The summed E-state index contributed by atoms with van der Waals surface area (Å²) in [6.45, 7) is 1.85. The number of nitrogen functional groups attached to an aromatic ring is 1. The molecule has 0 saturated carbocycles. The Balaban J connectivity index is 1.69. The van der Waals surface area contributed by atoms with Gasteiger partial charge in [-0.1, -0.05) is 72.4 Å². The van der Waals surface area contributed by atoms with Crippen molar-refractivity contribution in [3.8, 4) is 11.4 Å². The molecule has 0 bridgehead atoms. The van der Waals surface area contributed by atoms with Crippen LogP contribution in [0, 0.1) is 0 Å². The maximum atomic E-state index is 13.4. The second kappa shape index (κ2) is 11.7. The van der Waals surface area contributed by atoms with Crippen molar-refractivity contribution in [1.82, 2.24) is 23.9 Å².